The molecule has 2 heterocycles. The van der Waals surface area contributed by atoms with Crippen LogP contribution in [0, 0.1) is 12.3 Å². The lowest BCUT2D eigenvalue weighted by Crippen LogP contribution is -2.34. The van der Waals surface area contributed by atoms with E-state index in [1.807, 2.05) is 11.8 Å². The first kappa shape index (κ1) is 16.3. The van der Waals surface area contributed by atoms with Gasteiger partial charge in [-0.1, -0.05) is 33.1 Å². The van der Waals surface area contributed by atoms with E-state index in [0.29, 0.717) is 23.5 Å². The number of rotatable bonds is 1. The van der Waals surface area contributed by atoms with E-state index in [1.165, 1.54) is 19.3 Å². The molecule has 1 aromatic rings. The average Bonchev–Trinajstić information content (AvgIpc) is 2.73. The summed E-state index contributed by atoms with van der Waals surface area (Å²) in [6.07, 6.45) is 6.99. The Morgan fingerprint density at radius 2 is 1.65 bits per heavy atom. The molecule has 3 rings (SSSR count). The highest BCUT2D eigenvalue weighted by molar-refractivity contribution is 6.03. The molecule has 0 unspecified atom stereocenters. The summed E-state index contributed by atoms with van der Waals surface area (Å²) in [5.74, 6) is 1.18. The summed E-state index contributed by atoms with van der Waals surface area (Å²) in [5.41, 5.74) is 1.32. The van der Waals surface area contributed by atoms with Gasteiger partial charge in [0.15, 0.2) is 11.5 Å². The molecule has 1 aliphatic heterocycles. The Hall–Kier alpha value is -1.58. The van der Waals surface area contributed by atoms with Crippen molar-refractivity contribution >= 4 is 11.7 Å². The number of nitrogens with zero attached hydrogens (tertiary/aromatic N) is 1. The van der Waals surface area contributed by atoms with Crippen LogP contribution in [0.4, 0.5) is 0 Å². The highest BCUT2D eigenvalue weighted by Crippen LogP contribution is 2.38. The van der Waals surface area contributed by atoms with E-state index >= 15 is 0 Å². The van der Waals surface area contributed by atoms with Crippen LogP contribution in [-0.4, -0.2) is 29.7 Å². The van der Waals surface area contributed by atoms with Crippen LogP contribution in [0.5, 0.6) is 0 Å². The van der Waals surface area contributed by atoms with Gasteiger partial charge in [-0.3, -0.25) is 9.59 Å². The van der Waals surface area contributed by atoms with Crippen LogP contribution >= 0.6 is 0 Å². The molecule has 23 heavy (non-hydrogen) atoms. The van der Waals surface area contributed by atoms with Gasteiger partial charge >= 0.3 is 0 Å². The number of furan rings is 1. The quantitative estimate of drug-likeness (QED) is 0.782. The smallest absolute Gasteiger partial charge is 0.289 e. The second-order valence-corrected chi connectivity index (χ2v) is 7.86. The maximum absolute atomic E-state index is 12.9. The van der Waals surface area contributed by atoms with Gasteiger partial charge in [-0.25, -0.2) is 0 Å². The number of hydrogen-bond acceptors (Lipinski definition) is 3. The van der Waals surface area contributed by atoms with E-state index in [4.69, 9.17) is 4.42 Å². The van der Waals surface area contributed by atoms with Crippen LogP contribution in [0.2, 0.25) is 0 Å². The number of carbonyl (C=O) groups excluding carboxylic acids is 2. The Bertz CT molecular complexity index is 619. The fourth-order valence-electron chi connectivity index (χ4n) is 3.88. The summed E-state index contributed by atoms with van der Waals surface area (Å²) in [7, 11) is 0. The first-order valence-electron chi connectivity index (χ1n) is 8.84. The Balaban J connectivity index is 1.88. The molecule has 0 N–H and O–H groups in total. The van der Waals surface area contributed by atoms with Crippen molar-refractivity contribution in [3.05, 3.63) is 22.6 Å². The summed E-state index contributed by atoms with van der Waals surface area (Å²) in [4.78, 5) is 27.3. The van der Waals surface area contributed by atoms with Crippen LogP contribution in [0.25, 0.3) is 0 Å². The van der Waals surface area contributed by atoms with Crippen molar-refractivity contribution in [2.24, 2.45) is 5.41 Å². The van der Waals surface area contributed by atoms with Gasteiger partial charge in [0.1, 0.15) is 5.76 Å². The average molecular weight is 317 g/mol. The van der Waals surface area contributed by atoms with E-state index in [9.17, 15) is 9.59 Å². The molecule has 1 aromatic heterocycles. The number of Topliss-reactive ketones (excluding diaryl/α,β-unsaturated/α-hetero) is 1. The van der Waals surface area contributed by atoms with Gasteiger partial charge in [-0.05, 0) is 25.2 Å². The monoisotopic (exact) mass is 317 g/mol. The highest BCUT2D eigenvalue weighted by Gasteiger charge is 2.37. The molecule has 0 spiro atoms. The topological polar surface area (TPSA) is 50.5 Å². The molecule has 4 nitrogen and oxygen atoms in total. The van der Waals surface area contributed by atoms with Crippen molar-refractivity contribution in [1.82, 2.24) is 4.90 Å². The minimum Gasteiger partial charge on any atom is -0.455 e. The standard InChI is InChI=1S/C19H27NO3/c1-13-16-14(21)11-19(2,3)12-15(16)23-17(13)18(22)20-9-7-5-4-6-8-10-20/h4-12H2,1-3H3. The minimum atomic E-state index is -0.0881. The first-order chi connectivity index (χ1) is 10.9. The Morgan fingerprint density at radius 3 is 2.30 bits per heavy atom. The molecule has 2 aliphatic rings. The summed E-state index contributed by atoms with van der Waals surface area (Å²) in [5, 5.41) is 0. The van der Waals surface area contributed by atoms with E-state index in [1.54, 1.807) is 0 Å². The summed E-state index contributed by atoms with van der Waals surface area (Å²) in [6.45, 7) is 7.60. The third-order valence-corrected chi connectivity index (χ3v) is 5.11. The maximum atomic E-state index is 12.9. The summed E-state index contributed by atoms with van der Waals surface area (Å²) < 4.78 is 5.92. The lowest BCUT2D eigenvalue weighted by Gasteiger charge is -2.27. The molecule has 1 saturated heterocycles. The van der Waals surface area contributed by atoms with Crippen molar-refractivity contribution in [2.45, 2.75) is 65.7 Å². The Labute approximate surface area is 138 Å². The summed E-state index contributed by atoms with van der Waals surface area (Å²) in [6, 6.07) is 0. The van der Waals surface area contributed by atoms with Crippen LogP contribution in [-0.2, 0) is 6.42 Å². The minimum absolute atomic E-state index is 0.0376. The molecule has 1 fully saturated rings. The van der Waals surface area contributed by atoms with E-state index < -0.39 is 0 Å². The maximum Gasteiger partial charge on any atom is 0.289 e. The van der Waals surface area contributed by atoms with Crippen molar-refractivity contribution in [1.29, 1.82) is 0 Å². The first-order valence-corrected chi connectivity index (χ1v) is 8.84. The van der Waals surface area contributed by atoms with Gasteiger partial charge < -0.3 is 9.32 Å². The molecule has 1 aliphatic carbocycles. The zero-order chi connectivity index (χ0) is 16.6. The highest BCUT2D eigenvalue weighted by atomic mass is 16.4. The van der Waals surface area contributed by atoms with E-state index in [0.717, 1.165) is 37.9 Å². The molecule has 0 aromatic carbocycles. The zero-order valence-corrected chi connectivity index (χ0v) is 14.5. The number of hydrogen-bond donors (Lipinski definition) is 0. The zero-order valence-electron chi connectivity index (χ0n) is 14.5. The number of likely N-dealkylation sites (tertiary alicyclic amines) is 1. The number of fused-ring (bicyclic) bond motifs is 1. The SMILES string of the molecule is Cc1c(C(=O)N2CCCCCCC2)oc2c1C(=O)CC(C)(C)C2. The molecular weight excluding hydrogens is 290 g/mol. The number of carbonyl (C=O) groups is 2. The molecule has 0 radical (unpaired) electrons. The largest absolute Gasteiger partial charge is 0.455 e. The van der Waals surface area contributed by atoms with Gasteiger partial charge in [0.25, 0.3) is 5.91 Å². The van der Waals surface area contributed by atoms with Crippen LogP contribution in [0.15, 0.2) is 4.42 Å². The van der Waals surface area contributed by atoms with E-state index in [2.05, 4.69) is 13.8 Å². The number of ketones is 1. The second-order valence-electron chi connectivity index (χ2n) is 7.86. The van der Waals surface area contributed by atoms with Gasteiger partial charge in [0.05, 0.1) is 5.56 Å². The molecule has 126 valence electrons. The van der Waals surface area contributed by atoms with Crippen molar-refractivity contribution in [2.75, 3.05) is 13.1 Å². The molecule has 0 atom stereocenters. The Kier molecular flexibility index (Phi) is 4.35. The molecule has 0 bridgehead atoms. The van der Waals surface area contributed by atoms with Gasteiger partial charge in [-0.2, -0.15) is 0 Å². The number of amides is 1. The van der Waals surface area contributed by atoms with Gasteiger partial charge in [-0.15, -0.1) is 0 Å². The van der Waals surface area contributed by atoms with Crippen LogP contribution in [0.1, 0.15) is 84.6 Å². The van der Waals surface area contributed by atoms with Crippen molar-refractivity contribution < 1.29 is 14.0 Å². The fourth-order valence-corrected chi connectivity index (χ4v) is 3.88. The normalized spacial score (nSPS) is 21.5. The Morgan fingerprint density at radius 1 is 1.04 bits per heavy atom. The van der Waals surface area contributed by atoms with Crippen molar-refractivity contribution in [3.63, 3.8) is 0 Å². The molecule has 0 saturated carbocycles. The lowest BCUT2D eigenvalue weighted by molar-refractivity contribution is 0.0704. The predicted molar refractivity (Wildman–Crippen MR) is 88.9 cm³/mol. The van der Waals surface area contributed by atoms with Gasteiger partial charge in [0, 0.05) is 31.5 Å². The van der Waals surface area contributed by atoms with Crippen molar-refractivity contribution in [3.8, 4) is 0 Å². The van der Waals surface area contributed by atoms with E-state index in [-0.39, 0.29) is 17.1 Å². The van der Waals surface area contributed by atoms with Crippen LogP contribution in [0.3, 0.4) is 0 Å². The fraction of sp³-hybridized carbons (Fsp3) is 0.684. The molecular formula is C19H27NO3. The van der Waals surface area contributed by atoms with Crippen LogP contribution < -0.4 is 0 Å². The molecule has 4 heteroatoms. The van der Waals surface area contributed by atoms with Gasteiger partial charge in [0.2, 0.25) is 0 Å². The third kappa shape index (κ3) is 3.22. The summed E-state index contributed by atoms with van der Waals surface area (Å²) >= 11 is 0. The third-order valence-electron chi connectivity index (χ3n) is 5.11. The second kappa shape index (κ2) is 6.14. The molecule has 1 amide bonds. The lowest BCUT2D eigenvalue weighted by atomic mass is 9.76. The predicted octanol–water partition coefficient (Wildman–Crippen LogP) is 4.15.